The molecule has 6 rings (SSSR count). The van der Waals surface area contributed by atoms with Crippen LogP contribution in [0.1, 0.15) is 12.0 Å². The van der Waals surface area contributed by atoms with Gasteiger partial charge in [0, 0.05) is 42.9 Å². The maximum atomic E-state index is 13.2. The highest BCUT2D eigenvalue weighted by Crippen LogP contribution is 2.36. The van der Waals surface area contributed by atoms with Crippen LogP contribution in [0.3, 0.4) is 0 Å². The van der Waals surface area contributed by atoms with E-state index in [1.54, 1.807) is 17.1 Å². The standard InChI is InChI=1S/C26H24N6O2/c33-23(28-11-5-13-30-15-12-27-17-30)16-32-22-9-4-2-6-18(22)19-10-14-31-25(24(19)32)29-21-8-3-1-7-20(21)26(31)34/h1-4,6-9,12,15,17H,5,10-11,13-14,16H2,(H,28,33). The van der Waals surface area contributed by atoms with E-state index in [1.807, 2.05) is 57.8 Å². The van der Waals surface area contributed by atoms with Crippen molar-refractivity contribution in [3.63, 3.8) is 0 Å². The van der Waals surface area contributed by atoms with Crippen LogP contribution in [-0.4, -0.2) is 36.1 Å². The average Bonchev–Trinajstić information content (AvgIpc) is 3.49. The number of hydrogen-bond donors (Lipinski definition) is 1. The van der Waals surface area contributed by atoms with E-state index in [0.29, 0.717) is 29.8 Å². The number of carbonyl (C=O) groups excluding carboxylic acids is 1. The monoisotopic (exact) mass is 452 g/mol. The number of amides is 1. The normalized spacial score (nSPS) is 12.6. The molecule has 4 heterocycles. The Labute approximate surface area is 195 Å². The van der Waals surface area contributed by atoms with Crippen molar-refractivity contribution < 1.29 is 4.79 Å². The SMILES string of the molecule is O=C(Cn1c2c(c3ccccc31)CCn1c-2nc2ccccc2c1=O)NCCCn1ccnc1. The Morgan fingerprint density at radius 2 is 1.88 bits per heavy atom. The Hall–Kier alpha value is -4.20. The lowest BCUT2D eigenvalue weighted by atomic mass is 10.0. The summed E-state index contributed by atoms with van der Waals surface area (Å²) < 4.78 is 5.76. The van der Waals surface area contributed by atoms with Gasteiger partial charge in [-0.15, -0.1) is 0 Å². The smallest absolute Gasteiger partial charge is 0.261 e. The highest BCUT2D eigenvalue weighted by atomic mass is 16.2. The van der Waals surface area contributed by atoms with Crippen molar-refractivity contribution in [3.05, 3.63) is 83.2 Å². The van der Waals surface area contributed by atoms with Gasteiger partial charge in [-0.3, -0.25) is 14.2 Å². The average molecular weight is 453 g/mol. The zero-order valence-corrected chi connectivity index (χ0v) is 18.6. The van der Waals surface area contributed by atoms with Crippen LogP contribution in [0.15, 0.2) is 72.0 Å². The van der Waals surface area contributed by atoms with E-state index in [-0.39, 0.29) is 18.0 Å². The molecule has 0 saturated carbocycles. The summed E-state index contributed by atoms with van der Waals surface area (Å²) in [6, 6.07) is 15.5. The lowest BCUT2D eigenvalue weighted by Gasteiger charge is -2.21. The van der Waals surface area contributed by atoms with Crippen LogP contribution in [0, 0.1) is 0 Å². The van der Waals surface area contributed by atoms with E-state index in [9.17, 15) is 9.59 Å². The van der Waals surface area contributed by atoms with Gasteiger partial charge in [-0.25, -0.2) is 9.97 Å². The largest absolute Gasteiger partial charge is 0.354 e. The first-order chi connectivity index (χ1) is 16.7. The number of benzene rings is 2. The molecule has 1 aliphatic rings. The molecule has 0 bridgehead atoms. The molecular formula is C26H24N6O2. The van der Waals surface area contributed by atoms with Gasteiger partial charge in [-0.05, 0) is 36.6 Å². The van der Waals surface area contributed by atoms with Crippen LogP contribution < -0.4 is 10.9 Å². The highest BCUT2D eigenvalue weighted by molar-refractivity contribution is 5.93. The number of rotatable bonds is 6. The minimum Gasteiger partial charge on any atom is -0.354 e. The highest BCUT2D eigenvalue weighted by Gasteiger charge is 2.27. The summed E-state index contributed by atoms with van der Waals surface area (Å²) in [6.45, 7) is 2.13. The number of aryl methyl sites for hydroxylation is 2. The molecule has 0 unspecified atom stereocenters. The fourth-order valence-corrected chi connectivity index (χ4v) is 4.94. The van der Waals surface area contributed by atoms with Gasteiger partial charge < -0.3 is 14.5 Å². The second kappa shape index (κ2) is 8.30. The number of para-hydroxylation sites is 2. The predicted octanol–water partition coefficient (Wildman–Crippen LogP) is 2.98. The molecule has 0 atom stereocenters. The van der Waals surface area contributed by atoms with Crippen molar-refractivity contribution in [2.75, 3.05) is 6.54 Å². The molecule has 0 spiro atoms. The lowest BCUT2D eigenvalue weighted by molar-refractivity contribution is -0.121. The third-order valence-corrected chi connectivity index (χ3v) is 6.51. The van der Waals surface area contributed by atoms with Crippen molar-refractivity contribution in [2.24, 2.45) is 0 Å². The van der Waals surface area contributed by atoms with Crippen LogP contribution in [0.2, 0.25) is 0 Å². The third kappa shape index (κ3) is 3.39. The van der Waals surface area contributed by atoms with E-state index < -0.39 is 0 Å². The van der Waals surface area contributed by atoms with Crippen LogP contribution >= 0.6 is 0 Å². The molecule has 1 amide bonds. The van der Waals surface area contributed by atoms with Gasteiger partial charge >= 0.3 is 0 Å². The first-order valence-corrected chi connectivity index (χ1v) is 11.5. The van der Waals surface area contributed by atoms with E-state index >= 15 is 0 Å². The van der Waals surface area contributed by atoms with Crippen LogP contribution in [0.5, 0.6) is 0 Å². The van der Waals surface area contributed by atoms with Crippen molar-refractivity contribution in [2.45, 2.75) is 32.5 Å². The quantitative estimate of drug-likeness (QED) is 0.401. The molecular weight excluding hydrogens is 428 g/mol. The summed E-state index contributed by atoms with van der Waals surface area (Å²) in [6.07, 6.45) is 6.98. The minimum absolute atomic E-state index is 0.0352. The Kier molecular flexibility index (Phi) is 4.98. The first kappa shape index (κ1) is 20.4. The third-order valence-electron chi connectivity index (χ3n) is 6.51. The zero-order valence-electron chi connectivity index (χ0n) is 18.6. The van der Waals surface area contributed by atoms with Crippen LogP contribution in [0.25, 0.3) is 33.3 Å². The van der Waals surface area contributed by atoms with Gasteiger partial charge in [0.15, 0.2) is 5.82 Å². The summed E-state index contributed by atoms with van der Waals surface area (Å²) in [7, 11) is 0. The van der Waals surface area contributed by atoms with Crippen LogP contribution in [0.4, 0.5) is 0 Å². The number of nitrogens with one attached hydrogen (secondary N) is 1. The van der Waals surface area contributed by atoms with E-state index in [2.05, 4.69) is 16.4 Å². The van der Waals surface area contributed by atoms with Crippen molar-refractivity contribution >= 4 is 27.7 Å². The van der Waals surface area contributed by atoms with Gasteiger partial charge in [-0.1, -0.05) is 30.3 Å². The maximum absolute atomic E-state index is 13.2. The Morgan fingerprint density at radius 3 is 2.74 bits per heavy atom. The van der Waals surface area contributed by atoms with Gasteiger partial charge in [0.1, 0.15) is 6.54 Å². The Morgan fingerprint density at radius 1 is 1.06 bits per heavy atom. The number of hydrogen-bond acceptors (Lipinski definition) is 4. The van der Waals surface area contributed by atoms with Gasteiger partial charge in [0.2, 0.25) is 5.91 Å². The molecule has 0 saturated heterocycles. The summed E-state index contributed by atoms with van der Waals surface area (Å²) in [5, 5.41) is 4.77. The summed E-state index contributed by atoms with van der Waals surface area (Å²) in [4.78, 5) is 35.1. The summed E-state index contributed by atoms with van der Waals surface area (Å²) in [5.74, 6) is 0.573. The first-order valence-electron chi connectivity index (χ1n) is 11.5. The van der Waals surface area contributed by atoms with Gasteiger partial charge in [-0.2, -0.15) is 0 Å². The molecule has 5 aromatic rings. The van der Waals surface area contributed by atoms with E-state index in [1.165, 1.54) is 0 Å². The molecule has 1 aliphatic heterocycles. The van der Waals surface area contributed by atoms with Gasteiger partial charge in [0.05, 0.1) is 22.9 Å². The molecule has 0 aliphatic carbocycles. The number of fused-ring (bicyclic) bond motifs is 6. The number of aromatic nitrogens is 5. The van der Waals surface area contributed by atoms with E-state index in [4.69, 9.17) is 4.98 Å². The second-order valence-electron chi connectivity index (χ2n) is 8.59. The minimum atomic E-state index is -0.0607. The number of carbonyl (C=O) groups is 1. The topological polar surface area (TPSA) is 86.7 Å². The van der Waals surface area contributed by atoms with E-state index in [0.717, 1.165) is 41.5 Å². The second-order valence-corrected chi connectivity index (χ2v) is 8.59. The number of imidazole rings is 1. The zero-order chi connectivity index (χ0) is 23.1. The molecule has 34 heavy (non-hydrogen) atoms. The molecule has 1 N–H and O–H groups in total. The molecule has 0 fully saturated rings. The Balaban J connectivity index is 1.37. The Bertz CT molecular complexity index is 1580. The van der Waals surface area contributed by atoms with Crippen molar-refractivity contribution in [1.29, 1.82) is 0 Å². The molecule has 2 aromatic carbocycles. The molecule has 3 aromatic heterocycles. The van der Waals surface area contributed by atoms with Gasteiger partial charge in [0.25, 0.3) is 5.56 Å². The van der Waals surface area contributed by atoms with Crippen molar-refractivity contribution in [3.8, 4) is 11.5 Å². The fourth-order valence-electron chi connectivity index (χ4n) is 4.94. The maximum Gasteiger partial charge on any atom is 0.261 e. The number of nitrogens with zero attached hydrogens (tertiary/aromatic N) is 5. The molecule has 8 heteroatoms. The summed E-state index contributed by atoms with van der Waals surface area (Å²) in [5.41, 5.74) is 3.63. The summed E-state index contributed by atoms with van der Waals surface area (Å²) >= 11 is 0. The molecule has 170 valence electrons. The van der Waals surface area contributed by atoms with Crippen LogP contribution in [-0.2, 0) is 30.8 Å². The molecule has 0 radical (unpaired) electrons. The fraction of sp³-hybridized carbons (Fsp3) is 0.231. The lowest BCUT2D eigenvalue weighted by Crippen LogP contribution is -2.31. The molecule has 8 nitrogen and oxygen atoms in total. The van der Waals surface area contributed by atoms with Crippen molar-refractivity contribution in [1.82, 2.24) is 29.0 Å². The predicted molar refractivity (Wildman–Crippen MR) is 130 cm³/mol.